The van der Waals surface area contributed by atoms with E-state index in [9.17, 15) is 14.7 Å². The second-order valence-electron chi connectivity index (χ2n) is 8.18. The topological polar surface area (TPSA) is 92.7 Å². The quantitative estimate of drug-likeness (QED) is 0.235. The number of hydrogen-bond acceptors (Lipinski definition) is 5. The third kappa shape index (κ3) is 3.81. The summed E-state index contributed by atoms with van der Waals surface area (Å²) in [4.78, 5) is 36.6. The van der Waals surface area contributed by atoms with Gasteiger partial charge >= 0.3 is 0 Å². The minimum absolute atomic E-state index is 0.0690. The lowest BCUT2D eigenvalue weighted by molar-refractivity contribution is -0.139. The molecule has 34 heavy (non-hydrogen) atoms. The molecule has 0 bridgehead atoms. The van der Waals surface area contributed by atoms with Gasteiger partial charge in [0.1, 0.15) is 11.3 Å². The van der Waals surface area contributed by atoms with Crippen molar-refractivity contribution < 1.29 is 14.7 Å². The molecule has 1 amide bonds. The van der Waals surface area contributed by atoms with Crippen molar-refractivity contribution in [2.75, 3.05) is 6.54 Å². The van der Waals surface area contributed by atoms with Crippen LogP contribution >= 0.6 is 15.9 Å². The monoisotopic (exact) mass is 519 g/mol. The van der Waals surface area contributed by atoms with Crippen LogP contribution in [-0.4, -0.2) is 47.2 Å². The number of aromatic nitrogens is 4. The van der Waals surface area contributed by atoms with Gasteiger partial charge in [-0.2, -0.15) is 0 Å². The minimum Gasteiger partial charge on any atom is -0.505 e. The van der Waals surface area contributed by atoms with E-state index in [0.717, 1.165) is 10.0 Å². The summed E-state index contributed by atoms with van der Waals surface area (Å²) in [6.07, 6.45) is 7.68. The Hall–Kier alpha value is -3.72. The molecule has 1 aromatic carbocycles. The van der Waals surface area contributed by atoms with E-state index in [0.29, 0.717) is 36.5 Å². The summed E-state index contributed by atoms with van der Waals surface area (Å²) >= 11 is 3.49. The van der Waals surface area contributed by atoms with E-state index >= 15 is 0 Å². The maximum Gasteiger partial charge on any atom is 0.295 e. The van der Waals surface area contributed by atoms with Crippen LogP contribution < -0.4 is 0 Å². The fraction of sp³-hybridized carbons (Fsp3) is 0.200. The van der Waals surface area contributed by atoms with E-state index in [-0.39, 0.29) is 11.3 Å². The van der Waals surface area contributed by atoms with Crippen LogP contribution in [0.3, 0.4) is 0 Å². The van der Waals surface area contributed by atoms with Crippen LogP contribution in [0.15, 0.2) is 77.4 Å². The van der Waals surface area contributed by atoms with Gasteiger partial charge in [-0.05, 0) is 43.2 Å². The van der Waals surface area contributed by atoms with Gasteiger partial charge in [0.25, 0.3) is 11.7 Å². The van der Waals surface area contributed by atoms with E-state index in [1.54, 1.807) is 34.9 Å². The standard InChI is InChI=1S/C25H22BrN5O3/c1-16-21(30-11-3-2-8-19(30)28-16)23(32)20-22(17-6-4-7-18(26)14-17)31(25(34)24(20)33)12-5-10-29-13-9-27-15-29/h2-4,6-9,11,13-15,22,32H,5,10,12H2,1H3/b23-20+/t22-/m1/s1. The third-order valence-corrected chi connectivity index (χ3v) is 6.50. The molecular formula is C25H22BrN5O3. The molecule has 1 aliphatic rings. The smallest absolute Gasteiger partial charge is 0.295 e. The molecule has 4 aromatic rings. The first-order chi connectivity index (χ1) is 16.5. The molecule has 1 aliphatic heterocycles. The summed E-state index contributed by atoms with van der Waals surface area (Å²) in [5, 5.41) is 11.5. The van der Waals surface area contributed by atoms with Crippen molar-refractivity contribution in [2.24, 2.45) is 0 Å². The zero-order valence-electron chi connectivity index (χ0n) is 18.4. The maximum atomic E-state index is 13.3. The molecule has 1 atom stereocenters. The number of aliphatic hydroxyl groups is 1. The van der Waals surface area contributed by atoms with Crippen molar-refractivity contribution >= 4 is 39.0 Å². The molecule has 1 fully saturated rings. The van der Waals surface area contributed by atoms with Crippen LogP contribution in [0.25, 0.3) is 11.4 Å². The van der Waals surface area contributed by atoms with Gasteiger partial charge in [-0.15, -0.1) is 0 Å². The molecule has 1 saturated heterocycles. The van der Waals surface area contributed by atoms with Crippen molar-refractivity contribution in [3.8, 4) is 0 Å². The number of ketones is 1. The second kappa shape index (κ2) is 8.90. The van der Waals surface area contributed by atoms with Gasteiger partial charge in [0.15, 0.2) is 5.76 Å². The molecule has 0 spiro atoms. The van der Waals surface area contributed by atoms with E-state index in [1.165, 1.54) is 0 Å². The Morgan fingerprint density at radius 3 is 2.74 bits per heavy atom. The lowest BCUT2D eigenvalue weighted by Gasteiger charge is -2.25. The zero-order valence-corrected chi connectivity index (χ0v) is 20.0. The molecule has 1 N–H and O–H groups in total. The normalized spacial score (nSPS) is 17.7. The largest absolute Gasteiger partial charge is 0.505 e. The Morgan fingerprint density at radius 1 is 1.12 bits per heavy atom. The molecule has 0 radical (unpaired) electrons. The summed E-state index contributed by atoms with van der Waals surface area (Å²) in [7, 11) is 0. The van der Waals surface area contributed by atoms with Crippen LogP contribution in [-0.2, 0) is 16.1 Å². The number of fused-ring (bicyclic) bond motifs is 1. The zero-order chi connectivity index (χ0) is 23.8. The molecule has 172 valence electrons. The number of Topliss-reactive ketones (excluding diaryl/α,β-unsaturated/α-hetero) is 1. The summed E-state index contributed by atoms with van der Waals surface area (Å²) in [5.74, 6) is -1.55. The third-order valence-electron chi connectivity index (χ3n) is 6.01. The highest BCUT2D eigenvalue weighted by molar-refractivity contribution is 9.10. The lowest BCUT2D eigenvalue weighted by Crippen LogP contribution is -2.31. The van der Waals surface area contributed by atoms with E-state index in [1.807, 2.05) is 53.2 Å². The van der Waals surface area contributed by atoms with Crippen LogP contribution in [0.5, 0.6) is 0 Å². The molecule has 9 heteroatoms. The summed E-state index contributed by atoms with van der Waals surface area (Å²) in [6, 6.07) is 12.2. The van der Waals surface area contributed by atoms with Crippen LogP contribution in [0, 0.1) is 6.92 Å². The molecule has 0 unspecified atom stereocenters. The van der Waals surface area contributed by atoms with Crippen molar-refractivity contribution in [3.63, 3.8) is 0 Å². The van der Waals surface area contributed by atoms with Gasteiger partial charge < -0.3 is 14.6 Å². The molecular weight excluding hydrogens is 498 g/mol. The Labute approximate surface area is 204 Å². The van der Waals surface area contributed by atoms with Gasteiger partial charge in [-0.25, -0.2) is 9.97 Å². The number of aryl methyl sites for hydroxylation is 2. The first-order valence-electron chi connectivity index (χ1n) is 10.9. The fourth-order valence-corrected chi connectivity index (χ4v) is 4.92. The van der Waals surface area contributed by atoms with Crippen molar-refractivity contribution in [1.29, 1.82) is 0 Å². The van der Waals surface area contributed by atoms with Crippen LogP contribution in [0.4, 0.5) is 0 Å². The molecule has 3 aromatic heterocycles. The van der Waals surface area contributed by atoms with Crippen molar-refractivity contribution in [1.82, 2.24) is 23.8 Å². The van der Waals surface area contributed by atoms with Gasteiger partial charge in [-0.1, -0.05) is 34.1 Å². The number of aliphatic hydroxyl groups excluding tert-OH is 1. The van der Waals surface area contributed by atoms with E-state index in [2.05, 4.69) is 25.9 Å². The van der Waals surface area contributed by atoms with Gasteiger partial charge in [0.2, 0.25) is 0 Å². The lowest BCUT2D eigenvalue weighted by atomic mass is 9.96. The van der Waals surface area contributed by atoms with Crippen molar-refractivity contribution in [2.45, 2.75) is 25.9 Å². The first kappa shape index (κ1) is 22.1. The van der Waals surface area contributed by atoms with E-state index in [4.69, 9.17) is 0 Å². The number of halogens is 1. The van der Waals surface area contributed by atoms with Crippen LogP contribution in [0.2, 0.25) is 0 Å². The number of carbonyl (C=O) groups excluding carboxylic acids is 2. The average molecular weight is 520 g/mol. The number of rotatable bonds is 6. The summed E-state index contributed by atoms with van der Waals surface area (Å²) in [6.45, 7) is 2.78. The van der Waals surface area contributed by atoms with Crippen LogP contribution in [0.1, 0.15) is 29.4 Å². The van der Waals surface area contributed by atoms with E-state index < -0.39 is 17.7 Å². The Bertz CT molecular complexity index is 1420. The Morgan fingerprint density at radius 2 is 1.97 bits per heavy atom. The highest BCUT2D eigenvalue weighted by Gasteiger charge is 2.46. The number of hydrogen-bond donors (Lipinski definition) is 1. The Kier molecular flexibility index (Phi) is 5.79. The van der Waals surface area contributed by atoms with Crippen molar-refractivity contribution in [3.05, 3.63) is 94.4 Å². The fourth-order valence-electron chi connectivity index (χ4n) is 4.50. The maximum absolute atomic E-state index is 13.3. The summed E-state index contributed by atoms with van der Waals surface area (Å²) < 4.78 is 4.47. The molecule has 0 saturated carbocycles. The number of likely N-dealkylation sites (tertiary alicyclic amines) is 1. The SMILES string of the molecule is Cc1nc2ccccn2c1/C(O)=C1\C(=O)C(=O)N(CCCn2ccnc2)[C@@H]1c1cccc(Br)c1. The molecule has 0 aliphatic carbocycles. The highest BCUT2D eigenvalue weighted by atomic mass is 79.9. The number of pyridine rings is 1. The van der Waals surface area contributed by atoms with Gasteiger partial charge in [-0.3, -0.25) is 14.0 Å². The predicted octanol–water partition coefficient (Wildman–Crippen LogP) is 4.11. The predicted molar refractivity (Wildman–Crippen MR) is 130 cm³/mol. The summed E-state index contributed by atoms with van der Waals surface area (Å²) in [5.41, 5.74) is 2.44. The minimum atomic E-state index is -0.714. The molecule has 8 nitrogen and oxygen atoms in total. The highest BCUT2D eigenvalue weighted by Crippen LogP contribution is 2.40. The molecule has 4 heterocycles. The number of carbonyl (C=O) groups is 2. The first-order valence-corrected chi connectivity index (χ1v) is 11.7. The second-order valence-corrected chi connectivity index (χ2v) is 9.09. The number of nitrogens with zero attached hydrogens (tertiary/aromatic N) is 5. The number of benzene rings is 1. The Balaban J connectivity index is 1.61. The van der Waals surface area contributed by atoms with Gasteiger partial charge in [0.05, 0.1) is 23.6 Å². The van der Waals surface area contributed by atoms with Gasteiger partial charge in [0, 0.05) is 36.2 Å². The number of imidazole rings is 2. The molecule has 5 rings (SSSR count). The average Bonchev–Trinajstić information content (AvgIpc) is 3.51. The number of amides is 1.